The molecule has 2 aromatic rings. The lowest BCUT2D eigenvalue weighted by Gasteiger charge is -2.28. The van der Waals surface area contributed by atoms with Crippen LogP contribution in [0.3, 0.4) is 0 Å². The van der Waals surface area contributed by atoms with E-state index in [1.54, 1.807) is 14.0 Å². The monoisotopic (exact) mass is 331 g/mol. The van der Waals surface area contributed by atoms with E-state index in [1.165, 1.54) is 29.5 Å². The van der Waals surface area contributed by atoms with Crippen LogP contribution in [0.25, 0.3) is 0 Å². The first-order valence-corrected chi connectivity index (χ1v) is 8.70. The summed E-state index contributed by atoms with van der Waals surface area (Å²) in [6, 6.07) is 7.92. The van der Waals surface area contributed by atoms with Crippen LogP contribution in [0.1, 0.15) is 34.6 Å². The van der Waals surface area contributed by atoms with Crippen molar-refractivity contribution in [2.45, 2.75) is 26.2 Å². The highest BCUT2D eigenvalue weighted by molar-refractivity contribution is 7.11. The SMILES string of the molecule is Cc1c(C(=O)Nc2ccc(N3CCCCC3)cc2)sc(=O)n1C. The van der Waals surface area contributed by atoms with Crippen LogP contribution in [0, 0.1) is 6.92 Å². The van der Waals surface area contributed by atoms with Crippen LogP contribution < -0.4 is 15.1 Å². The number of benzene rings is 1. The molecule has 1 aromatic heterocycles. The first kappa shape index (κ1) is 15.8. The third-order valence-corrected chi connectivity index (χ3v) is 5.48. The van der Waals surface area contributed by atoms with Gasteiger partial charge in [-0.3, -0.25) is 9.59 Å². The van der Waals surface area contributed by atoms with Gasteiger partial charge in [0.1, 0.15) is 4.88 Å². The van der Waals surface area contributed by atoms with E-state index < -0.39 is 0 Å². The molecule has 6 heteroatoms. The number of rotatable bonds is 3. The van der Waals surface area contributed by atoms with Crippen molar-refractivity contribution in [3.05, 3.63) is 44.5 Å². The maximum Gasteiger partial charge on any atom is 0.307 e. The number of nitrogens with one attached hydrogen (secondary N) is 1. The van der Waals surface area contributed by atoms with E-state index in [-0.39, 0.29) is 10.8 Å². The Balaban J connectivity index is 1.71. The van der Waals surface area contributed by atoms with Gasteiger partial charge in [0.05, 0.1) is 0 Å². The Morgan fingerprint density at radius 1 is 1.13 bits per heavy atom. The van der Waals surface area contributed by atoms with Gasteiger partial charge >= 0.3 is 4.87 Å². The molecule has 0 radical (unpaired) electrons. The summed E-state index contributed by atoms with van der Waals surface area (Å²) in [7, 11) is 1.68. The van der Waals surface area contributed by atoms with Crippen molar-refractivity contribution in [3.63, 3.8) is 0 Å². The molecule has 3 rings (SSSR count). The van der Waals surface area contributed by atoms with Crippen molar-refractivity contribution in [2.24, 2.45) is 7.05 Å². The smallest absolute Gasteiger partial charge is 0.307 e. The molecule has 0 saturated carbocycles. The summed E-state index contributed by atoms with van der Waals surface area (Å²) in [5.41, 5.74) is 2.64. The van der Waals surface area contributed by atoms with Crippen molar-refractivity contribution in [1.82, 2.24) is 4.57 Å². The second-order valence-electron chi connectivity index (χ2n) is 5.89. The number of anilines is 2. The first-order chi connectivity index (χ1) is 11.1. The fourth-order valence-electron chi connectivity index (χ4n) is 2.83. The molecule has 1 N–H and O–H groups in total. The molecule has 5 nitrogen and oxygen atoms in total. The number of hydrogen-bond donors (Lipinski definition) is 1. The molecule has 1 amide bonds. The minimum Gasteiger partial charge on any atom is -0.372 e. The van der Waals surface area contributed by atoms with Crippen LogP contribution in [0.4, 0.5) is 11.4 Å². The van der Waals surface area contributed by atoms with Crippen molar-refractivity contribution in [1.29, 1.82) is 0 Å². The molecule has 1 saturated heterocycles. The van der Waals surface area contributed by atoms with Gasteiger partial charge in [0.2, 0.25) is 0 Å². The summed E-state index contributed by atoms with van der Waals surface area (Å²) in [6.07, 6.45) is 3.79. The van der Waals surface area contributed by atoms with Gasteiger partial charge in [-0.2, -0.15) is 0 Å². The standard InChI is InChI=1S/C17H21N3O2S/c1-12-15(23-17(22)19(12)2)16(21)18-13-6-8-14(9-7-13)20-10-4-3-5-11-20/h6-9H,3-5,10-11H2,1-2H3,(H,18,21). The van der Waals surface area contributed by atoms with Gasteiger partial charge < -0.3 is 14.8 Å². The number of amides is 1. The van der Waals surface area contributed by atoms with Crippen LogP contribution in [0.5, 0.6) is 0 Å². The number of aromatic nitrogens is 1. The maximum absolute atomic E-state index is 12.3. The Morgan fingerprint density at radius 3 is 2.35 bits per heavy atom. The average Bonchev–Trinajstić information content (AvgIpc) is 2.84. The van der Waals surface area contributed by atoms with Gasteiger partial charge in [0, 0.05) is 37.2 Å². The number of hydrogen-bond acceptors (Lipinski definition) is 4. The molecule has 2 heterocycles. The maximum atomic E-state index is 12.3. The largest absolute Gasteiger partial charge is 0.372 e. The Hall–Kier alpha value is -2.08. The fourth-order valence-corrected chi connectivity index (χ4v) is 3.70. The lowest BCUT2D eigenvalue weighted by Crippen LogP contribution is -2.29. The Morgan fingerprint density at radius 2 is 1.78 bits per heavy atom. The van der Waals surface area contributed by atoms with Gasteiger partial charge in [-0.25, -0.2) is 0 Å². The molecular weight excluding hydrogens is 310 g/mol. The summed E-state index contributed by atoms with van der Waals surface area (Å²) in [6.45, 7) is 3.98. The second kappa shape index (κ2) is 6.58. The third kappa shape index (κ3) is 3.32. The summed E-state index contributed by atoms with van der Waals surface area (Å²) in [5.74, 6) is -0.226. The number of carbonyl (C=O) groups is 1. The summed E-state index contributed by atoms with van der Waals surface area (Å²) < 4.78 is 1.50. The molecule has 0 aliphatic carbocycles. The molecule has 1 aliphatic heterocycles. The summed E-state index contributed by atoms with van der Waals surface area (Å²) in [4.78, 5) is 26.7. The van der Waals surface area contributed by atoms with E-state index in [4.69, 9.17) is 0 Å². The number of thiazole rings is 1. The molecule has 0 spiro atoms. The minimum atomic E-state index is -0.226. The van der Waals surface area contributed by atoms with Crippen molar-refractivity contribution in [3.8, 4) is 0 Å². The molecule has 0 unspecified atom stereocenters. The van der Waals surface area contributed by atoms with Gasteiger partial charge in [0.15, 0.2) is 0 Å². The van der Waals surface area contributed by atoms with E-state index in [0.717, 1.165) is 30.1 Å². The zero-order valence-corrected chi connectivity index (χ0v) is 14.3. The predicted molar refractivity (Wildman–Crippen MR) is 94.8 cm³/mol. The molecule has 0 atom stereocenters. The lowest BCUT2D eigenvalue weighted by atomic mass is 10.1. The van der Waals surface area contributed by atoms with Gasteiger partial charge in [-0.15, -0.1) is 0 Å². The number of piperidine rings is 1. The molecule has 1 aromatic carbocycles. The number of carbonyl (C=O) groups excluding carboxylic acids is 1. The summed E-state index contributed by atoms with van der Waals surface area (Å²) in [5, 5.41) is 2.87. The van der Waals surface area contributed by atoms with Gasteiger partial charge in [-0.1, -0.05) is 11.3 Å². The van der Waals surface area contributed by atoms with E-state index in [1.807, 2.05) is 24.3 Å². The second-order valence-corrected chi connectivity index (χ2v) is 6.85. The van der Waals surface area contributed by atoms with Crippen LogP contribution in [-0.2, 0) is 7.05 Å². The van der Waals surface area contributed by atoms with E-state index in [0.29, 0.717) is 10.6 Å². The van der Waals surface area contributed by atoms with Crippen molar-refractivity contribution in [2.75, 3.05) is 23.3 Å². The Bertz CT molecular complexity index is 755. The van der Waals surface area contributed by atoms with Crippen LogP contribution in [0.15, 0.2) is 29.1 Å². The van der Waals surface area contributed by atoms with Gasteiger partial charge in [-0.05, 0) is 50.5 Å². The first-order valence-electron chi connectivity index (χ1n) is 7.89. The fraction of sp³-hybridized carbons (Fsp3) is 0.412. The normalized spacial score (nSPS) is 14.8. The van der Waals surface area contributed by atoms with Crippen molar-refractivity contribution < 1.29 is 4.79 Å². The third-order valence-electron chi connectivity index (χ3n) is 4.35. The quantitative estimate of drug-likeness (QED) is 0.941. The zero-order chi connectivity index (χ0) is 16.4. The molecule has 0 bridgehead atoms. The average molecular weight is 331 g/mol. The Labute approximate surface area is 139 Å². The molecule has 122 valence electrons. The number of nitrogens with zero attached hydrogens (tertiary/aromatic N) is 2. The molecular formula is C17H21N3O2S. The molecule has 1 aliphatic rings. The predicted octanol–water partition coefficient (Wildman–Crippen LogP) is 3.00. The van der Waals surface area contributed by atoms with Gasteiger partial charge in [0.25, 0.3) is 5.91 Å². The highest BCUT2D eigenvalue weighted by Crippen LogP contribution is 2.22. The topological polar surface area (TPSA) is 54.3 Å². The zero-order valence-electron chi connectivity index (χ0n) is 13.5. The van der Waals surface area contributed by atoms with Crippen LogP contribution in [0.2, 0.25) is 0 Å². The molecule has 23 heavy (non-hydrogen) atoms. The highest BCUT2D eigenvalue weighted by Gasteiger charge is 2.16. The van der Waals surface area contributed by atoms with E-state index >= 15 is 0 Å². The van der Waals surface area contributed by atoms with E-state index in [9.17, 15) is 9.59 Å². The Kier molecular flexibility index (Phi) is 4.52. The summed E-state index contributed by atoms with van der Waals surface area (Å²) >= 11 is 0.981. The minimum absolute atomic E-state index is 0.118. The van der Waals surface area contributed by atoms with Crippen molar-refractivity contribution >= 4 is 28.6 Å². The van der Waals surface area contributed by atoms with E-state index in [2.05, 4.69) is 10.2 Å². The lowest BCUT2D eigenvalue weighted by molar-refractivity contribution is 0.102. The van der Waals surface area contributed by atoms with Crippen LogP contribution in [-0.4, -0.2) is 23.6 Å². The molecule has 1 fully saturated rings. The highest BCUT2D eigenvalue weighted by atomic mass is 32.1. The van der Waals surface area contributed by atoms with Crippen LogP contribution >= 0.6 is 11.3 Å².